The number of methoxy groups -OCH3 is 1. The fourth-order valence-electron chi connectivity index (χ4n) is 4.66. The number of rotatable bonds is 6. The van der Waals surface area contributed by atoms with Gasteiger partial charge in [0.1, 0.15) is 23.6 Å². The highest BCUT2D eigenvalue weighted by Crippen LogP contribution is 2.36. The van der Waals surface area contributed by atoms with Crippen molar-refractivity contribution in [3.63, 3.8) is 0 Å². The molecule has 1 aliphatic carbocycles. The van der Waals surface area contributed by atoms with Crippen molar-refractivity contribution < 1.29 is 9.53 Å². The van der Waals surface area contributed by atoms with Crippen LogP contribution in [0.15, 0.2) is 48.8 Å². The predicted molar refractivity (Wildman–Crippen MR) is 132 cm³/mol. The van der Waals surface area contributed by atoms with Gasteiger partial charge >= 0.3 is 0 Å². The SMILES string of the molecule is COc1ccc(C)cc1C(=O)NCc1ccc(-c2nn(C3CCCC3)c3ncnc(N)c23)cc1. The van der Waals surface area contributed by atoms with Crippen molar-refractivity contribution >= 4 is 22.8 Å². The molecule has 0 spiro atoms. The Kier molecular flexibility index (Phi) is 5.88. The van der Waals surface area contributed by atoms with Crippen LogP contribution in [-0.2, 0) is 6.54 Å². The summed E-state index contributed by atoms with van der Waals surface area (Å²) in [7, 11) is 1.57. The summed E-state index contributed by atoms with van der Waals surface area (Å²) < 4.78 is 7.36. The monoisotopic (exact) mass is 456 g/mol. The van der Waals surface area contributed by atoms with E-state index in [9.17, 15) is 4.79 Å². The second-order valence-electron chi connectivity index (χ2n) is 8.77. The molecule has 0 unspecified atom stereocenters. The minimum Gasteiger partial charge on any atom is -0.496 e. The molecule has 8 heteroatoms. The van der Waals surface area contributed by atoms with E-state index < -0.39 is 0 Å². The van der Waals surface area contributed by atoms with E-state index in [2.05, 4.69) is 15.3 Å². The van der Waals surface area contributed by atoms with Crippen molar-refractivity contribution in [2.24, 2.45) is 0 Å². The first-order chi connectivity index (χ1) is 16.5. The van der Waals surface area contributed by atoms with Crippen molar-refractivity contribution in [2.45, 2.75) is 45.2 Å². The lowest BCUT2D eigenvalue weighted by Gasteiger charge is -2.11. The molecular weight excluding hydrogens is 428 g/mol. The number of aryl methyl sites for hydroxylation is 1. The number of aromatic nitrogens is 4. The van der Waals surface area contributed by atoms with Crippen molar-refractivity contribution in [1.82, 2.24) is 25.1 Å². The highest BCUT2D eigenvalue weighted by Gasteiger charge is 2.24. The number of nitrogens with one attached hydrogen (secondary N) is 1. The Hall–Kier alpha value is -3.94. The summed E-state index contributed by atoms with van der Waals surface area (Å²) in [5.41, 5.74) is 11.3. The van der Waals surface area contributed by atoms with E-state index in [0.717, 1.165) is 46.3 Å². The largest absolute Gasteiger partial charge is 0.496 e. The Morgan fingerprint density at radius 3 is 2.65 bits per heavy atom. The van der Waals surface area contributed by atoms with Gasteiger partial charge in [0, 0.05) is 12.1 Å². The molecule has 1 saturated carbocycles. The third-order valence-corrected chi connectivity index (χ3v) is 6.47. The first-order valence-corrected chi connectivity index (χ1v) is 11.6. The second-order valence-corrected chi connectivity index (χ2v) is 8.77. The van der Waals surface area contributed by atoms with Gasteiger partial charge in [-0.3, -0.25) is 4.79 Å². The van der Waals surface area contributed by atoms with Gasteiger partial charge in [0.15, 0.2) is 5.65 Å². The van der Waals surface area contributed by atoms with Crippen LogP contribution in [0.25, 0.3) is 22.3 Å². The first kappa shape index (κ1) is 21.9. The molecule has 0 bridgehead atoms. The topological polar surface area (TPSA) is 108 Å². The summed E-state index contributed by atoms with van der Waals surface area (Å²) in [6, 6.07) is 13.9. The molecule has 5 rings (SSSR count). The lowest BCUT2D eigenvalue weighted by molar-refractivity contribution is 0.0948. The van der Waals surface area contributed by atoms with E-state index in [1.165, 1.54) is 19.2 Å². The van der Waals surface area contributed by atoms with Crippen LogP contribution in [0.3, 0.4) is 0 Å². The molecule has 34 heavy (non-hydrogen) atoms. The Morgan fingerprint density at radius 2 is 1.91 bits per heavy atom. The van der Waals surface area contributed by atoms with E-state index in [-0.39, 0.29) is 5.91 Å². The van der Waals surface area contributed by atoms with E-state index >= 15 is 0 Å². The van der Waals surface area contributed by atoms with Crippen LogP contribution in [0.5, 0.6) is 5.75 Å². The lowest BCUT2D eigenvalue weighted by atomic mass is 10.1. The molecule has 8 nitrogen and oxygen atoms in total. The number of fused-ring (bicyclic) bond motifs is 1. The summed E-state index contributed by atoms with van der Waals surface area (Å²) >= 11 is 0. The molecule has 1 fully saturated rings. The fourth-order valence-corrected chi connectivity index (χ4v) is 4.66. The number of hydrogen-bond donors (Lipinski definition) is 2. The molecular formula is C26H28N6O2. The molecule has 0 radical (unpaired) electrons. The number of nitrogen functional groups attached to an aromatic ring is 1. The average molecular weight is 457 g/mol. The van der Waals surface area contributed by atoms with Gasteiger partial charge in [-0.05, 0) is 37.5 Å². The van der Waals surface area contributed by atoms with Crippen LogP contribution in [-0.4, -0.2) is 32.8 Å². The van der Waals surface area contributed by atoms with E-state index in [0.29, 0.717) is 29.7 Å². The number of ether oxygens (including phenoxy) is 1. The Bertz CT molecular complexity index is 1340. The molecule has 174 valence electrons. The van der Waals surface area contributed by atoms with Gasteiger partial charge in [-0.15, -0.1) is 0 Å². The summed E-state index contributed by atoms with van der Waals surface area (Å²) in [4.78, 5) is 21.4. The van der Waals surface area contributed by atoms with E-state index in [1.807, 2.05) is 54.1 Å². The maximum Gasteiger partial charge on any atom is 0.255 e. The van der Waals surface area contributed by atoms with E-state index in [4.69, 9.17) is 15.6 Å². The van der Waals surface area contributed by atoms with Crippen LogP contribution >= 0.6 is 0 Å². The van der Waals surface area contributed by atoms with E-state index in [1.54, 1.807) is 7.11 Å². The zero-order chi connectivity index (χ0) is 23.7. The third kappa shape index (κ3) is 4.07. The third-order valence-electron chi connectivity index (χ3n) is 6.47. The molecule has 1 amide bonds. The van der Waals surface area contributed by atoms with Gasteiger partial charge in [0.25, 0.3) is 5.91 Å². The van der Waals surface area contributed by atoms with Crippen molar-refractivity contribution in [3.05, 3.63) is 65.5 Å². The minimum absolute atomic E-state index is 0.171. The number of nitrogens with zero attached hydrogens (tertiary/aromatic N) is 4. The molecule has 2 heterocycles. The second kappa shape index (κ2) is 9.13. The number of hydrogen-bond acceptors (Lipinski definition) is 6. The molecule has 2 aromatic heterocycles. The minimum atomic E-state index is -0.171. The molecule has 4 aromatic rings. The smallest absolute Gasteiger partial charge is 0.255 e. The van der Waals surface area contributed by atoms with Gasteiger partial charge in [0.2, 0.25) is 0 Å². The Balaban J connectivity index is 1.38. The predicted octanol–water partition coefficient (Wildman–Crippen LogP) is 4.44. The van der Waals surface area contributed by atoms with Gasteiger partial charge in [-0.25, -0.2) is 14.6 Å². The van der Waals surface area contributed by atoms with Gasteiger partial charge in [-0.1, -0.05) is 48.7 Å². The van der Waals surface area contributed by atoms with Gasteiger partial charge in [-0.2, -0.15) is 5.10 Å². The maximum atomic E-state index is 12.7. The van der Waals surface area contributed by atoms with Crippen LogP contribution in [0.1, 0.15) is 53.2 Å². The number of amides is 1. The highest BCUT2D eigenvalue weighted by molar-refractivity contribution is 5.98. The van der Waals surface area contributed by atoms with Gasteiger partial charge in [0.05, 0.1) is 24.1 Å². The lowest BCUT2D eigenvalue weighted by Crippen LogP contribution is -2.23. The normalized spacial score (nSPS) is 13.9. The number of anilines is 1. The van der Waals surface area contributed by atoms with Crippen molar-refractivity contribution in [1.29, 1.82) is 0 Å². The number of carbonyl (C=O) groups is 1. The number of nitrogens with two attached hydrogens (primary N) is 1. The molecule has 0 atom stereocenters. The molecule has 3 N–H and O–H groups in total. The Labute approximate surface area is 198 Å². The zero-order valence-corrected chi connectivity index (χ0v) is 19.4. The average Bonchev–Trinajstić information content (AvgIpc) is 3.52. The number of carbonyl (C=O) groups excluding carboxylic acids is 1. The first-order valence-electron chi connectivity index (χ1n) is 11.6. The summed E-state index contributed by atoms with van der Waals surface area (Å²) in [6.07, 6.45) is 6.12. The molecule has 2 aromatic carbocycles. The fraction of sp³-hybridized carbons (Fsp3) is 0.308. The van der Waals surface area contributed by atoms with Gasteiger partial charge < -0.3 is 15.8 Å². The van der Waals surface area contributed by atoms with Crippen LogP contribution in [0.2, 0.25) is 0 Å². The Morgan fingerprint density at radius 1 is 1.15 bits per heavy atom. The highest BCUT2D eigenvalue weighted by atomic mass is 16.5. The standard InChI is InChI=1S/C26H28N6O2/c1-16-7-12-21(34-2)20(13-16)26(33)28-14-17-8-10-18(11-9-17)23-22-24(27)29-15-30-25(22)32(31-23)19-5-3-4-6-19/h7-13,15,19H,3-6,14H2,1-2H3,(H,28,33)(H2,27,29,30). The zero-order valence-electron chi connectivity index (χ0n) is 19.4. The number of benzene rings is 2. The van der Waals surface area contributed by atoms with Crippen LogP contribution in [0, 0.1) is 6.92 Å². The van der Waals surface area contributed by atoms with Crippen molar-refractivity contribution in [2.75, 3.05) is 12.8 Å². The quantitative estimate of drug-likeness (QED) is 0.444. The summed E-state index contributed by atoms with van der Waals surface area (Å²) in [6.45, 7) is 2.35. The maximum absolute atomic E-state index is 12.7. The molecule has 0 aliphatic heterocycles. The van der Waals surface area contributed by atoms with Crippen LogP contribution in [0.4, 0.5) is 5.82 Å². The van der Waals surface area contributed by atoms with Crippen LogP contribution < -0.4 is 15.8 Å². The molecule has 1 aliphatic rings. The summed E-state index contributed by atoms with van der Waals surface area (Å²) in [5.74, 6) is 0.825. The molecule has 0 saturated heterocycles. The summed E-state index contributed by atoms with van der Waals surface area (Å²) in [5, 5.41) is 8.70. The van der Waals surface area contributed by atoms with Crippen molar-refractivity contribution in [3.8, 4) is 17.0 Å².